The molecule has 0 aliphatic carbocycles. The second kappa shape index (κ2) is 6.94. The van der Waals surface area contributed by atoms with Crippen LogP contribution in [0.4, 0.5) is 13.2 Å². The van der Waals surface area contributed by atoms with Crippen molar-refractivity contribution in [2.45, 2.75) is 31.5 Å². The molecular weight excluding hydrogens is 403 g/mol. The lowest BCUT2D eigenvalue weighted by atomic mass is 10.2. The number of nitrogens with one attached hydrogen (secondary N) is 1. The molecule has 0 saturated heterocycles. The summed E-state index contributed by atoms with van der Waals surface area (Å²) in [6.45, 7) is 4.43. The number of benzene rings is 1. The van der Waals surface area contributed by atoms with Crippen molar-refractivity contribution >= 4 is 34.0 Å². The number of pyridine rings is 1. The van der Waals surface area contributed by atoms with E-state index >= 15 is 0 Å². The van der Waals surface area contributed by atoms with Crippen molar-refractivity contribution in [2.24, 2.45) is 7.05 Å². The molecule has 0 amide bonds. The predicted molar refractivity (Wildman–Crippen MR) is 107 cm³/mol. The Bertz CT molecular complexity index is 1290. The van der Waals surface area contributed by atoms with Gasteiger partial charge in [-0.3, -0.25) is 4.57 Å². The molecule has 0 radical (unpaired) electrons. The number of alkyl halides is 3. The van der Waals surface area contributed by atoms with E-state index in [9.17, 15) is 18.0 Å². The molecule has 1 N–H and O–H groups in total. The summed E-state index contributed by atoms with van der Waals surface area (Å²) in [5.41, 5.74) is 1.68. The van der Waals surface area contributed by atoms with E-state index in [0.717, 1.165) is 34.0 Å². The second-order valence-electron chi connectivity index (χ2n) is 6.53. The van der Waals surface area contributed by atoms with Gasteiger partial charge in [0.15, 0.2) is 5.65 Å². The summed E-state index contributed by atoms with van der Waals surface area (Å²) in [5, 5.41) is 0. The Balaban J connectivity index is 1.97. The molecule has 0 fully saturated rings. The number of halogens is 3. The maximum absolute atomic E-state index is 13.0. The van der Waals surface area contributed by atoms with Crippen LogP contribution in [0.15, 0.2) is 34.1 Å². The fraction of sp³-hybridized carbons (Fsp3) is 0.316. The van der Waals surface area contributed by atoms with Crippen LogP contribution in [-0.4, -0.2) is 29.8 Å². The van der Waals surface area contributed by atoms with Crippen LogP contribution in [0.2, 0.25) is 0 Å². The Labute approximate surface area is 167 Å². The number of aromatic amines is 1. The van der Waals surface area contributed by atoms with Crippen LogP contribution >= 0.6 is 11.8 Å². The molecule has 4 rings (SSSR count). The largest absolute Gasteiger partial charge is 0.417 e. The minimum Gasteiger partial charge on any atom is -0.312 e. The smallest absolute Gasteiger partial charge is 0.312 e. The Hall–Kier alpha value is -2.75. The Kier molecular flexibility index (Phi) is 4.68. The molecule has 0 saturated carbocycles. The number of nitrogens with zero attached hydrogens (tertiary/aromatic N) is 4. The molecule has 1 aromatic carbocycles. The fourth-order valence-corrected chi connectivity index (χ4v) is 4.23. The molecule has 0 spiro atoms. The first-order chi connectivity index (χ1) is 13.7. The summed E-state index contributed by atoms with van der Waals surface area (Å²) in [7, 11) is 1.72. The summed E-state index contributed by atoms with van der Waals surface area (Å²) >= 11 is 1.58. The summed E-state index contributed by atoms with van der Waals surface area (Å²) in [4.78, 5) is 24.3. The highest BCUT2D eigenvalue weighted by Gasteiger charge is 2.32. The highest BCUT2D eigenvalue weighted by Crippen LogP contribution is 2.36. The standard InChI is InChI=1S/C19H18F3N5OS/c1-4-27-14-8-15(29-5-2)11(7-12(14)25-18(27)28)16-24-13-6-10(19(20,21)22)9-23-17(13)26(16)3/h6-9H,4-5H2,1-3H3,(H,25,28). The number of thioether (sulfide) groups is 1. The van der Waals surface area contributed by atoms with Crippen LogP contribution in [0.3, 0.4) is 0 Å². The lowest BCUT2D eigenvalue weighted by molar-refractivity contribution is -0.137. The molecule has 0 aliphatic heterocycles. The van der Waals surface area contributed by atoms with Gasteiger partial charge in [-0.25, -0.2) is 14.8 Å². The van der Waals surface area contributed by atoms with E-state index in [1.807, 2.05) is 26.0 Å². The molecule has 4 aromatic rings. The van der Waals surface area contributed by atoms with Gasteiger partial charge in [-0.05, 0) is 30.9 Å². The number of fused-ring (bicyclic) bond motifs is 2. The summed E-state index contributed by atoms with van der Waals surface area (Å²) in [5.74, 6) is 1.29. The monoisotopic (exact) mass is 421 g/mol. The SMILES string of the molecule is CCSc1cc2c(cc1-c1nc3cc(C(F)(F)F)cnc3n1C)[nH]c(=O)n2CC. The fourth-order valence-electron chi connectivity index (χ4n) is 3.42. The van der Waals surface area contributed by atoms with Gasteiger partial charge in [0.1, 0.15) is 11.3 Å². The molecule has 0 aliphatic rings. The van der Waals surface area contributed by atoms with Crippen molar-refractivity contribution in [3.8, 4) is 11.4 Å². The van der Waals surface area contributed by atoms with Crippen LogP contribution in [0, 0.1) is 0 Å². The third-order valence-corrected chi connectivity index (χ3v) is 5.71. The second-order valence-corrected chi connectivity index (χ2v) is 7.84. The van der Waals surface area contributed by atoms with Gasteiger partial charge in [-0.2, -0.15) is 13.2 Å². The van der Waals surface area contributed by atoms with E-state index < -0.39 is 11.7 Å². The van der Waals surface area contributed by atoms with E-state index in [4.69, 9.17) is 0 Å². The number of rotatable bonds is 4. The molecule has 29 heavy (non-hydrogen) atoms. The van der Waals surface area contributed by atoms with Crippen LogP contribution in [0.5, 0.6) is 0 Å². The minimum absolute atomic E-state index is 0.171. The highest BCUT2D eigenvalue weighted by atomic mass is 32.2. The Morgan fingerprint density at radius 1 is 1.21 bits per heavy atom. The van der Waals surface area contributed by atoms with E-state index in [1.54, 1.807) is 27.9 Å². The topological polar surface area (TPSA) is 68.5 Å². The maximum atomic E-state index is 13.0. The number of aryl methyl sites for hydroxylation is 2. The van der Waals surface area contributed by atoms with Gasteiger partial charge >= 0.3 is 11.9 Å². The van der Waals surface area contributed by atoms with Crippen molar-refractivity contribution in [1.29, 1.82) is 0 Å². The third-order valence-electron chi connectivity index (χ3n) is 4.77. The molecule has 152 valence electrons. The molecule has 10 heteroatoms. The molecule has 3 heterocycles. The average Bonchev–Trinajstić information content (AvgIpc) is 3.16. The number of aromatic nitrogens is 5. The predicted octanol–water partition coefficient (Wildman–Crippen LogP) is 4.43. The minimum atomic E-state index is -4.48. The first-order valence-corrected chi connectivity index (χ1v) is 10.0. The zero-order chi connectivity index (χ0) is 20.9. The van der Waals surface area contributed by atoms with Gasteiger partial charge in [-0.15, -0.1) is 11.8 Å². The molecule has 0 atom stereocenters. The van der Waals surface area contributed by atoms with E-state index in [-0.39, 0.29) is 11.2 Å². The summed E-state index contributed by atoms with van der Waals surface area (Å²) in [6.07, 6.45) is -3.67. The molecule has 0 unspecified atom stereocenters. The number of hydrogen-bond acceptors (Lipinski definition) is 4. The molecule has 0 bridgehead atoms. The Morgan fingerprint density at radius 3 is 2.62 bits per heavy atom. The van der Waals surface area contributed by atoms with Crippen molar-refractivity contribution in [1.82, 2.24) is 24.1 Å². The van der Waals surface area contributed by atoms with Crippen LogP contribution in [-0.2, 0) is 19.8 Å². The van der Waals surface area contributed by atoms with Crippen LogP contribution < -0.4 is 5.69 Å². The van der Waals surface area contributed by atoms with Crippen molar-refractivity contribution < 1.29 is 13.2 Å². The van der Waals surface area contributed by atoms with E-state index in [1.165, 1.54) is 0 Å². The molecular formula is C19H18F3N5OS. The van der Waals surface area contributed by atoms with Gasteiger partial charge in [0, 0.05) is 30.2 Å². The number of hydrogen-bond donors (Lipinski definition) is 1. The van der Waals surface area contributed by atoms with E-state index in [2.05, 4.69) is 15.0 Å². The molecule has 3 aromatic heterocycles. The van der Waals surface area contributed by atoms with E-state index in [0.29, 0.717) is 23.5 Å². The van der Waals surface area contributed by atoms with Crippen molar-refractivity contribution in [3.05, 3.63) is 40.4 Å². The summed E-state index contributed by atoms with van der Waals surface area (Å²) in [6, 6.07) is 4.76. The molecule has 6 nitrogen and oxygen atoms in total. The lowest BCUT2D eigenvalue weighted by Gasteiger charge is -2.10. The first-order valence-electron chi connectivity index (χ1n) is 9.04. The number of imidazole rings is 2. The van der Waals surface area contributed by atoms with Crippen LogP contribution in [0.25, 0.3) is 33.6 Å². The van der Waals surface area contributed by atoms with Gasteiger partial charge in [0.05, 0.1) is 16.6 Å². The van der Waals surface area contributed by atoms with Crippen LogP contribution in [0.1, 0.15) is 19.4 Å². The third kappa shape index (κ3) is 3.21. The maximum Gasteiger partial charge on any atom is 0.417 e. The van der Waals surface area contributed by atoms with Gasteiger partial charge < -0.3 is 9.55 Å². The lowest BCUT2D eigenvalue weighted by Crippen LogP contribution is -2.14. The quantitative estimate of drug-likeness (QED) is 0.495. The summed E-state index contributed by atoms with van der Waals surface area (Å²) < 4.78 is 42.5. The van der Waals surface area contributed by atoms with Crippen molar-refractivity contribution in [2.75, 3.05) is 5.75 Å². The Morgan fingerprint density at radius 2 is 1.97 bits per heavy atom. The van der Waals surface area contributed by atoms with Gasteiger partial charge in [-0.1, -0.05) is 6.92 Å². The average molecular weight is 421 g/mol. The zero-order valence-corrected chi connectivity index (χ0v) is 16.8. The van der Waals surface area contributed by atoms with Gasteiger partial charge in [0.2, 0.25) is 0 Å². The first kappa shape index (κ1) is 19.6. The zero-order valence-electron chi connectivity index (χ0n) is 16.0. The highest BCUT2D eigenvalue weighted by molar-refractivity contribution is 7.99. The number of H-pyrrole nitrogens is 1. The normalized spacial score (nSPS) is 12.3. The van der Waals surface area contributed by atoms with Gasteiger partial charge in [0.25, 0.3) is 0 Å². The van der Waals surface area contributed by atoms with Crippen molar-refractivity contribution in [3.63, 3.8) is 0 Å².